The maximum absolute atomic E-state index is 13.3. The van der Waals surface area contributed by atoms with Crippen LogP contribution >= 0.6 is 11.8 Å². The molecule has 1 aromatic rings. The van der Waals surface area contributed by atoms with Crippen molar-refractivity contribution in [3.05, 3.63) is 30.1 Å². The molecule has 5 heteroatoms. The molecule has 0 bridgehead atoms. The van der Waals surface area contributed by atoms with Crippen LogP contribution in [0.15, 0.2) is 29.2 Å². The Morgan fingerprint density at radius 1 is 1.33 bits per heavy atom. The molecule has 0 fully saturated rings. The highest BCUT2D eigenvalue weighted by Gasteiger charge is 2.04. The molecule has 0 heterocycles. The summed E-state index contributed by atoms with van der Waals surface area (Å²) in [4.78, 5) is 12.0. The van der Waals surface area contributed by atoms with Crippen LogP contribution in [0.5, 0.6) is 0 Å². The minimum atomic E-state index is -0.225. The highest BCUT2D eigenvalue weighted by molar-refractivity contribution is 7.99. The molecule has 2 N–H and O–H groups in total. The molecular weight excluding hydrogens is 251 g/mol. The first-order valence-corrected chi connectivity index (χ1v) is 7.01. The zero-order chi connectivity index (χ0) is 13.2. The Hall–Kier alpha value is -1.07. The lowest BCUT2D eigenvalue weighted by Crippen LogP contribution is -2.26. The largest absolute Gasteiger partial charge is 0.356 e. The lowest BCUT2D eigenvalue weighted by Gasteiger charge is -2.05. The number of carbonyl (C=O) groups is 1. The molecule has 18 heavy (non-hydrogen) atoms. The van der Waals surface area contributed by atoms with Crippen LogP contribution in [-0.4, -0.2) is 31.8 Å². The van der Waals surface area contributed by atoms with Crippen LogP contribution in [0.1, 0.15) is 12.8 Å². The van der Waals surface area contributed by atoms with Crippen LogP contribution < -0.4 is 10.6 Å². The average molecular weight is 270 g/mol. The van der Waals surface area contributed by atoms with Crippen molar-refractivity contribution in [3.8, 4) is 0 Å². The lowest BCUT2D eigenvalue weighted by molar-refractivity contribution is -0.120. The normalized spacial score (nSPS) is 10.3. The summed E-state index contributed by atoms with van der Waals surface area (Å²) in [5, 5.41) is 5.85. The molecule has 1 amide bonds. The molecular formula is C13H19FN2OS. The van der Waals surface area contributed by atoms with Crippen LogP contribution in [0.2, 0.25) is 0 Å². The molecule has 0 spiro atoms. The molecule has 0 radical (unpaired) electrons. The fourth-order valence-corrected chi connectivity index (χ4v) is 2.28. The minimum Gasteiger partial charge on any atom is -0.356 e. The summed E-state index contributed by atoms with van der Waals surface area (Å²) >= 11 is 1.37. The van der Waals surface area contributed by atoms with Gasteiger partial charge < -0.3 is 10.6 Å². The van der Waals surface area contributed by atoms with E-state index in [9.17, 15) is 9.18 Å². The Bertz CT molecular complexity index is 374. The third-order valence-corrected chi connectivity index (χ3v) is 3.40. The maximum Gasteiger partial charge on any atom is 0.220 e. The molecule has 0 atom stereocenters. The molecule has 0 saturated carbocycles. The van der Waals surface area contributed by atoms with Crippen molar-refractivity contribution in [2.45, 2.75) is 17.7 Å². The quantitative estimate of drug-likeness (QED) is 0.561. The van der Waals surface area contributed by atoms with Gasteiger partial charge in [0.05, 0.1) is 0 Å². The van der Waals surface area contributed by atoms with Crippen LogP contribution in [0, 0.1) is 5.82 Å². The van der Waals surface area contributed by atoms with Crippen molar-refractivity contribution in [1.29, 1.82) is 0 Å². The summed E-state index contributed by atoms with van der Waals surface area (Å²) in [5.41, 5.74) is 0. The zero-order valence-corrected chi connectivity index (χ0v) is 11.4. The monoisotopic (exact) mass is 270 g/mol. The summed E-state index contributed by atoms with van der Waals surface area (Å²) in [6.45, 7) is 1.58. The van der Waals surface area contributed by atoms with Gasteiger partial charge in [0.15, 0.2) is 0 Å². The van der Waals surface area contributed by atoms with Crippen molar-refractivity contribution in [3.63, 3.8) is 0 Å². The third kappa shape index (κ3) is 6.02. The maximum atomic E-state index is 13.3. The molecule has 0 aliphatic carbocycles. The standard InChI is InChI=1S/C13H19FN2OS/c1-15-8-4-9-16-13(17)7-10-18-12-6-3-2-5-11(12)14/h2-3,5-6,15H,4,7-10H2,1H3,(H,16,17). The van der Waals surface area contributed by atoms with Gasteiger partial charge in [-0.1, -0.05) is 12.1 Å². The molecule has 0 aromatic heterocycles. The first kappa shape index (κ1) is 15.0. The number of hydrogen-bond acceptors (Lipinski definition) is 3. The van der Waals surface area contributed by atoms with E-state index in [-0.39, 0.29) is 11.7 Å². The first-order chi connectivity index (χ1) is 8.74. The number of carbonyl (C=O) groups excluding carboxylic acids is 1. The second kappa shape index (κ2) is 8.94. The van der Waals surface area contributed by atoms with Gasteiger partial charge in [0, 0.05) is 23.6 Å². The van der Waals surface area contributed by atoms with Gasteiger partial charge in [-0.15, -0.1) is 11.8 Å². The van der Waals surface area contributed by atoms with Gasteiger partial charge >= 0.3 is 0 Å². The molecule has 0 saturated heterocycles. The van der Waals surface area contributed by atoms with Crippen LogP contribution in [0.4, 0.5) is 4.39 Å². The van der Waals surface area contributed by atoms with Crippen molar-refractivity contribution in [2.24, 2.45) is 0 Å². The summed E-state index contributed by atoms with van der Waals surface area (Å²) in [5.74, 6) is 0.394. The predicted molar refractivity (Wildman–Crippen MR) is 73.3 cm³/mol. The van der Waals surface area contributed by atoms with Crippen LogP contribution in [0.25, 0.3) is 0 Å². The molecule has 100 valence electrons. The van der Waals surface area contributed by atoms with Crippen molar-refractivity contribution in [1.82, 2.24) is 10.6 Å². The highest BCUT2D eigenvalue weighted by Crippen LogP contribution is 2.21. The number of nitrogens with one attached hydrogen (secondary N) is 2. The van der Waals surface area contributed by atoms with Gasteiger partial charge in [0.1, 0.15) is 5.82 Å². The van der Waals surface area contributed by atoms with E-state index in [0.29, 0.717) is 23.6 Å². The number of hydrogen-bond donors (Lipinski definition) is 2. The van der Waals surface area contributed by atoms with Crippen molar-refractivity contribution < 1.29 is 9.18 Å². The number of amides is 1. The minimum absolute atomic E-state index is 0.0231. The van der Waals surface area contributed by atoms with Crippen molar-refractivity contribution in [2.75, 3.05) is 25.9 Å². The van der Waals surface area contributed by atoms with Gasteiger partial charge in [-0.2, -0.15) is 0 Å². The molecule has 0 aliphatic heterocycles. The van der Waals surface area contributed by atoms with Crippen LogP contribution in [-0.2, 0) is 4.79 Å². The molecule has 3 nitrogen and oxygen atoms in total. The van der Waals surface area contributed by atoms with E-state index >= 15 is 0 Å². The summed E-state index contributed by atoms with van der Waals surface area (Å²) in [6, 6.07) is 6.61. The summed E-state index contributed by atoms with van der Waals surface area (Å²) in [6.07, 6.45) is 1.33. The zero-order valence-electron chi connectivity index (χ0n) is 10.5. The first-order valence-electron chi connectivity index (χ1n) is 6.02. The Labute approximate surface area is 112 Å². The number of benzene rings is 1. The summed E-state index contributed by atoms with van der Waals surface area (Å²) in [7, 11) is 1.88. The molecule has 0 unspecified atom stereocenters. The van der Waals surface area contributed by atoms with Gasteiger partial charge in [0.2, 0.25) is 5.91 Å². The Morgan fingerprint density at radius 3 is 2.83 bits per heavy atom. The average Bonchev–Trinajstić information content (AvgIpc) is 2.37. The van der Waals surface area contributed by atoms with E-state index in [1.54, 1.807) is 18.2 Å². The SMILES string of the molecule is CNCCCNC(=O)CCSc1ccccc1F. The van der Waals surface area contributed by atoms with E-state index in [1.807, 2.05) is 7.05 Å². The second-order valence-corrected chi connectivity index (χ2v) is 4.97. The van der Waals surface area contributed by atoms with E-state index in [1.165, 1.54) is 17.8 Å². The summed E-state index contributed by atoms with van der Waals surface area (Å²) < 4.78 is 13.3. The number of rotatable bonds is 8. The lowest BCUT2D eigenvalue weighted by atomic mass is 10.3. The van der Waals surface area contributed by atoms with Gasteiger partial charge in [0.25, 0.3) is 0 Å². The highest BCUT2D eigenvalue weighted by atomic mass is 32.2. The Morgan fingerprint density at radius 2 is 2.11 bits per heavy atom. The van der Waals surface area contributed by atoms with Crippen LogP contribution in [0.3, 0.4) is 0 Å². The van der Waals surface area contributed by atoms with E-state index in [0.717, 1.165) is 13.0 Å². The van der Waals surface area contributed by atoms with E-state index in [4.69, 9.17) is 0 Å². The van der Waals surface area contributed by atoms with E-state index in [2.05, 4.69) is 10.6 Å². The Kier molecular flexibility index (Phi) is 7.44. The smallest absolute Gasteiger partial charge is 0.220 e. The molecule has 0 aliphatic rings. The van der Waals surface area contributed by atoms with Gasteiger partial charge in [-0.3, -0.25) is 4.79 Å². The second-order valence-electron chi connectivity index (χ2n) is 3.84. The molecule has 1 rings (SSSR count). The number of halogens is 1. The fourth-order valence-electron chi connectivity index (χ4n) is 1.40. The van der Waals surface area contributed by atoms with Gasteiger partial charge in [-0.05, 0) is 32.1 Å². The van der Waals surface area contributed by atoms with Crippen molar-refractivity contribution >= 4 is 17.7 Å². The Balaban J connectivity index is 2.14. The van der Waals surface area contributed by atoms with E-state index < -0.39 is 0 Å². The third-order valence-electron chi connectivity index (χ3n) is 2.35. The predicted octanol–water partition coefficient (Wildman–Crippen LogP) is 2.03. The fraction of sp³-hybridized carbons (Fsp3) is 0.462. The topological polar surface area (TPSA) is 41.1 Å². The van der Waals surface area contributed by atoms with Gasteiger partial charge in [-0.25, -0.2) is 4.39 Å². The number of thioether (sulfide) groups is 1. The molecule has 1 aromatic carbocycles.